The molecule has 0 saturated heterocycles. The molecule has 4 nitrogen and oxygen atoms in total. The highest BCUT2D eigenvalue weighted by atomic mass is 32.1. The SMILES string of the molecule is CC(C)(C)c1ccc(N2c3cc(N4c5ccc(C(C)(C)C)cc5C5(C)CCCCC45C)cc4c3B(c3cc5c(cc3N4c3cccc4c3oc3ccccc34)C(C)(C)CCC5(C)C)c3ccc4c(sc5ccc(C(C)(C)C)cc54)c32)c(-c2ccccc2)c1. The number of anilines is 8. The number of hydrogen-bond acceptors (Lipinski definition) is 5. The number of benzene rings is 9. The predicted molar refractivity (Wildman–Crippen MR) is 380 cm³/mol. The van der Waals surface area contributed by atoms with Crippen molar-refractivity contribution in [1.29, 1.82) is 0 Å². The molecule has 6 heteroatoms. The first kappa shape index (κ1) is 55.8. The monoisotopic (exact) mass is 1170 g/mol. The topological polar surface area (TPSA) is 22.9 Å². The molecule has 88 heavy (non-hydrogen) atoms. The Morgan fingerprint density at radius 2 is 1.08 bits per heavy atom. The second-order valence-corrected chi connectivity index (χ2v) is 33.0. The van der Waals surface area contributed by atoms with Crippen LogP contribution < -0.4 is 31.1 Å². The summed E-state index contributed by atoms with van der Waals surface area (Å²) in [6.07, 6.45) is 6.90. The van der Waals surface area contributed by atoms with E-state index in [4.69, 9.17) is 4.42 Å². The van der Waals surface area contributed by atoms with Crippen molar-refractivity contribution in [1.82, 2.24) is 0 Å². The van der Waals surface area contributed by atoms with Gasteiger partial charge in [-0.05, 0) is 176 Å². The first-order valence-electron chi connectivity index (χ1n) is 32.8. The van der Waals surface area contributed by atoms with E-state index in [1.807, 2.05) is 11.3 Å². The van der Waals surface area contributed by atoms with Gasteiger partial charge >= 0.3 is 0 Å². The zero-order valence-corrected chi connectivity index (χ0v) is 55.4. The van der Waals surface area contributed by atoms with E-state index < -0.39 is 0 Å². The van der Waals surface area contributed by atoms with E-state index in [0.29, 0.717) is 0 Å². The highest BCUT2D eigenvalue weighted by Gasteiger charge is 2.59. The molecule has 2 aromatic heterocycles. The molecule has 5 heterocycles. The van der Waals surface area contributed by atoms with Gasteiger partial charge < -0.3 is 19.1 Å². The highest BCUT2D eigenvalue weighted by Crippen LogP contribution is 2.63. The van der Waals surface area contributed by atoms with Crippen LogP contribution in [0.15, 0.2) is 168 Å². The van der Waals surface area contributed by atoms with Crippen molar-refractivity contribution in [3.05, 3.63) is 197 Å². The fourth-order valence-electron chi connectivity index (χ4n) is 17.0. The number of fused-ring (bicyclic) bond motifs is 15. The second kappa shape index (κ2) is 18.5. The van der Waals surface area contributed by atoms with Gasteiger partial charge in [-0.25, -0.2) is 0 Å². The predicted octanol–water partition coefficient (Wildman–Crippen LogP) is 21.7. The lowest BCUT2D eigenvalue weighted by Crippen LogP contribution is -2.62. The van der Waals surface area contributed by atoms with Crippen LogP contribution >= 0.6 is 11.3 Å². The number of hydrogen-bond donors (Lipinski definition) is 0. The Balaban J connectivity index is 1.10. The standard InChI is InChI=1S/C82H84BN3OS/c1-76(2,3)50-30-35-64(57(42-50)49-24-17-16-18-25-49)85-69-46-53(86-65-36-31-52(78(7,8)9)44-61(65)81(14)38-21-22-39-82(81,86)15)45-68-72(69)83(62-34-33-56-58-43-51(77(4,5)6)32-37-71(58)88-75(56)73(62)85)63-47-59-60(80(12,13)41-40-79(59,10)11)48-67(63)84(68)66-28-23-27-55-54-26-19-20-29-70(54)87-74(55)66/h16-20,23-37,42-48H,21-22,38-41H2,1-15H3. The molecule has 9 aromatic carbocycles. The van der Waals surface area contributed by atoms with Crippen LogP contribution in [-0.4, -0.2) is 12.3 Å². The molecule has 0 spiro atoms. The molecule has 1 fully saturated rings. The molecule has 2 atom stereocenters. The summed E-state index contributed by atoms with van der Waals surface area (Å²) in [5, 5.41) is 4.93. The molecule has 2 unspecified atom stereocenters. The van der Waals surface area contributed by atoms with Crippen molar-refractivity contribution in [3.63, 3.8) is 0 Å². The van der Waals surface area contributed by atoms with Crippen LogP contribution in [0.2, 0.25) is 0 Å². The number of thiophene rings is 1. The summed E-state index contributed by atoms with van der Waals surface area (Å²) < 4.78 is 9.92. The quantitative estimate of drug-likeness (QED) is 0.164. The van der Waals surface area contributed by atoms with Gasteiger partial charge in [-0.15, -0.1) is 11.3 Å². The minimum atomic E-state index is -0.222. The van der Waals surface area contributed by atoms with Gasteiger partial charge in [0.15, 0.2) is 5.58 Å². The van der Waals surface area contributed by atoms with Crippen LogP contribution in [0.3, 0.4) is 0 Å². The number of para-hydroxylation sites is 2. The minimum Gasteiger partial charge on any atom is -0.454 e. The van der Waals surface area contributed by atoms with Crippen LogP contribution in [0.1, 0.15) is 176 Å². The molecule has 0 bridgehead atoms. The van der Waals surface area contributed by atoms with E-state index in [9.17, 15) is 0 Å². The summed E-state index contributed by atoms with van der Waals surface area (Å²) in [5.74, 6) is 0. The first-order valence-corrected chi connectivity index (χ1v) is 33.6. The maximum absolute atomic E-state index is 7.26. The Bertz CT molecular complexity index is 4770. The molecule has 11 aromatic rings. The third kappa shape index (κ3) is 7.88. The molecular formula is C82H84BN3OS. The van der Waals surface area contributed by atoms with E-state index in [-0.39, 0.29) is 44.7 Å². The zero-order chi connectivity index (χ0) is 61.1. The lowest BCUT2D eigenvalue weighted by Gasteiger charge is -2.51. The van der Waals surface area contributed by atoms with Crippen LogP contribution in [-0.2, 0) is 32.5 Å². The number of furan rings is 1. The van der Waals surface area contributed by atoms with Gasteiger partial charge in [0.2, 0.25) is 0 Å². The Kier molecular flexibility index (Phi) is 11.7. The van der Waals surface area contributed by atoms with Gasteiger partial charge in [0, 0.05) is 65.7 Å². The molecule has 1 saturated carbocycles. The molecule has 5 aliphatic rings. The Morgan fingerprint density at radius 1 is 0.455 bits per heavy atom. The zero-order valence-electron chi connectivity index (χ0n) is 54.6. The van der Waals surface area contributed by atoms with E-state index >= 15 is 0 Å². The van der Waals surface area contributed by atoms with E-state index in [0.717, 1.165) is 53.3 Å². The van der Waals surface area contributed by atoms with E-state index in [1.54, 1.807) is 0 Å². The molecule has 0 N–H and O–H groups in total. The average molecular weight is 1170 g/mol. The summed E-state index contributed by atoms with van der Waals surface area (Å²) in [6.45, 7) is 36.4. The second-order valence-electron chi connectivity index (χ2n) is 31.9. The molecule has 2 aliphatic carbocycles. The number of rotatable bonds is 4. The van der Waals surface area contributed by atoms with Crippen molar-refractivity contribution in [2.24, 2.45) is 0 Å². The lowest BCUT2D eigenvalue weighted by molar-refractivity contribution is 0.195. The number of nitrogens with zero attached hydrogens (tertiary/aromatic N) is 3. The molecule has 3 aliphatic heterocycles. The summed E-state index contributed by atoms with van der Waals surface area (Å²) in [6, 6.07) is 64.9. The van der Waals surface area contributed by atoms with E-state index in [2.05, 4.69) is 282 Å². The summed E-state index contributed by atoms with van der Waals surface area (Å²) in [4.78, 5) is 8.33. The van der Waals surface area contributed by atoms with Gasteiger partial charge in [0.1, 0.15) is 5.58 Å². The fraction of sp³-hybridized carbons (Fsp3) is 0.341. The molecule has 16 rings (SSSR count). The van der Waals surface area contributed by atoms with Crippen molar-refractivity contribution >= 4 is 122 Å². The van der Waals surface area contributed by atoms with Crippen LogP contribution in [0.25, 0.3) is 53.2 Å². The van der Waals surface area contributed by atoms with E-state index in [1.165, 1.54) is 134 Å². The van der Waals surface area contributed by atoms with Crippen LogP contribution in [0, 0.1) is 0 Å². The van der Waals surface area contributed by atoms with Crippen molar-refractivity contribution < 1.29 is 4.42 Å². The van der Waals surface area contributed by atoms with Gasteiger partial charge in [-0.2, -0.15) is 0 Å². The van der Waals surface area contributed by atoms with Gasteiger partial charge in [0.25, 0.3) is 6.71 Å². The minimum absolute atomic E-state index is 0.00253. The fourth-order valence-corrected chi connectivity index (χ4v) is 18.2. The Hall–Kier alpha value is -7.54. The van der Waals surface area contributed by atoms with Crippen LogP contribution in [0.4, 0.5) is 45.5 Å². The molecule has 0 radical (unpaired) electrons. The van der Waals surface area contributed by atoms with Crippen molar-refractivity contribution in [2.45, 2.75) is 180 Å². The maximum atomic E-state index is 7.26. The molecule has 442 valence electrons. The third-order valence-electron chi connectivity index (χ3n) is 22.5. The lowest BCUT2D eigenvalue weighted by atomic mass is 9.33. The van der Waals surface area contributed by atoms with Crippen LogP contribution in [0.5, 0.6) is 0 Å². The first-order chi connectivity index (χ1) is 41.7. The normalized spacial score (nSPS) is 20.1. The Morgan fingerprint density at radius 3 is 1.81 bits per heavy atom. The Labute approximate surface area is 526 Å². The average Bonchev–Trinajstić information content (AvgIpc) is 1.09. The highest BCUT2D eigenvalue weighted by molar-refractivity contribution is 7.26. The summed E-state index contributed by atoms with van der Waals surface area (Å²) in [5.41, 5.74) is 26.1. The van der Waals surface area contributed by atoms with Gasteiger partial charge in [0.05, 0.1) is 27.3 Å². The summed E-state index contributed by atoms with van der Waals surface area (Å²) >= 11 is 1.98. The maximum Gasteiger partial charge on any atom is 0.252 e. The largest absolute Gasteiger partial charge is 0.454 e. The van der Waals surface area contributed by atoms with Crippen molar-refractivity contribution in [3.8, 4) is 11.1 Å². The van der Waals surface area contributed by atoms with Gasteiger partial charge in [-0.3, -0.25) is 0 Å². The molecular weight excluding hydrogens is 1090 g/mol. The molecule has 0 amide bonds. The van der Waals surface area contributed by atoms with Gasteiger partial charge in [-0.1, -0.05) is 213 Å². The summed E-state index contributed by atoms with van der Waals surface area (Å²) in [7, 11) is 0. The van der Waals surface area contributed by atoms with Crippen molar-refractivity contribution in [2.75, 3.05) is 14.7 Å². The third-order valence-corrected chi connectivity index (χ3v) is 23.7. The smallest absolute Gasteiger partial charge is 0.252 e.